The number of rotatable bonds is 5. The van der Waals surface area contributed by atoms with Gasteiger partial charge >= 0.3 is 0 Å². The molecular formula is C27H28FN5O2S. The molecule has 2 saturated heterocycles. The molecule has 1 aromatic heterocycles. The molecule has 3 N–H and O–H groups in total. The van der Waals surface area contributed by atoms with Crippen molar-refractivity contribution in [3.63, 3.8) is 0 Å². The number of hydrogen-bond donors (Lipinski definition) is 3. The van der Waals surface area contributed by atoms with Crippen LogP contribution in [0.2, 0.25) is 0 Å². The van der Waals surface area contributed by atoms with Gasteiger partial charge in [0.15, 0.2) is 0 Å². The summed E-state index contributed by atoms with van der Waals surface area (Å²) >= 11 is 1.53. The van der Waals surface area contributed by atoms with E-state index in [0.717, 1.165) is 71.6 Å². The maximum Gasteiger partial charge on any atom is 0.234 e. The number of halogens is 1. The maximum absolute atomic E-state index is 13.8. The molecule has 3 aliphatic rings. The van der Waals surface area contributed by atoms with Crippen molar-refractivity contribution in [3.8, 4) is 0 Å². The Morgan fingerprint density at radius 3 is 2.83 bits per heavy atom. The van der Waals surface area contributed by atoms with Crippen LogP contribution in [0.5, 0.6) is 0 Å². The fourth-order valence-corrected chi connectivity index (χ4v) is 6.29. The molecule has 0 saturated carbocycles. The Bertz CT molecular complexity index is 1330. The number of carbonyl (C=O) groups excluding carboxylic acids is 2. The van der Waals surface area contributed by atoms with E-state index in [1.54, 1.807) is 18.3 Å². The van der Waals surface area contributed by atoms with E-state index in [9.17, 15) is 14.0 Å². The summed E-state index contributed by atoms with van der Waals surface area (Å²) in [7, 11) is 0. The van der Waals surface area contributed by atoms with Gasteiger partial charge in [0, 0.05) is 53.9 Å². The number of nitrogens with zero attached hydrogens (tertiary/aromatic N) is 2. The van der Waals surface area contributed by atoms with E-state index in [-0.39, 0.29) is 29.6 Å². The highest BCUT2D eigenvalue weighted by molar-refractivity contribution is 8.00. The van der Waals surface area contributed by atoms with Crippen molar-refractivity contribution in [2.75, 3.05) is 35.6 Å². The quantitative estimate of drug-likeness (QED) is 0.491. The van der Waals surface area contributed by atoms with Crippen molar-refractivity contribution in [1.29, 1.82) is 0 Å². The van der Waals surface area contributed by atoms with E-state index in [4.69, 9.17) is 0 Å². The zero-order chi connectivity index (χ0) is 24.6. The Kier molecular flexibility index (Phi) is 6.27. The maximum atomic E-state index is 13.8. The molecule has 9 heteroatoms. The Labute approximate surface area is 213 Å². The van der Waals surface area contributed by atoms with E-state index in [1.807, 2.05) is 24.3 Å². The minimum absolute atomic E-state index is 0.00192. The topological polar surface area (TPSA) is 86.4 Å². The van der Waals surface area contributed by atoms with E-state index >= 15 is 0 Å². The first-order valence-corrected chi connectivity index (χ1v) is 13.4. The number of fused-ring (bicyclic) bond motifs is 2. The van der Waals surface area contributed by atoms with Crippen LogP contribution in [0.1, 0.15) is 30.7 Å². The van der Waals surface area contributed by atoms with Gasteiger partial charge in [0.25, 0.3) is 0 Å². The lowest BCUT2D eigenvalue weighted by molar-refractivity contribution is -0.120. The van der Waals surface area contributed by atoms with Gasteiger partial charge in [-0.15, -0.1) is 11.8 Å². The third-order valence-corrected chi connectivity index (χ3v) is 8.46. The minimum atomic E-state index is -0.246. The van der Waals surface area contributed by atoms with E-state index in [0.29, 0.717) is 11.8 Å². The van der Waals surface area contributed by atoms with Crippen LogP contribution in [0, 0.1) is 5.82 Å². The Balaban J connectivity index is 1.04. The first-order valence-electron chi connectivity index (χ1n) is 12.4. The first kappa shape index (κ1) is 23.2. The Morgan fingerprint density at radius 1 is 1.11 bits per heavy atom. The highest BCUT2D eigenvalue weighted by atomic mass is 32.2. The molecule has 3 aliphatic heterocycles. The molecule has 6 rings (SSSR count). The molecule has 7 nitrogen and oxygen atoms in total. The summed E-state index contributed by atoms with van der Waals surface area (Å²) in [6.45, 7) is 2.49. The lowest BCUT2D eigenvalue weighted by Gasteiger charge is -2.35. The molecule has 2 atom stereocenters. The molecule has 36 heavy (non-hydrogen) atoms. The number of amides is 2. The van der Waals surface area contributed by atoms with Gasteiger partial charge in [-0.1, -0.05) is 6.07 Å². The number of pyridine rings is 1. The van der Waals surface area contributed by atoms with Crippen molar-refractivity contribution in [3.05, 3.63) is 60.0 Å². The minimum Gasteiger partial charge on any atom is -0.371 e. The van der Waals surface area contributed by atoms with Gasteiger partial charge in [0.05, 0.1) is 22.9 Å². The summed E-state index contributed by atoms with van der Waals surface area (Å²) in [5.41, 5.74) is 3.59. The summed E-state index contributed by atoms with van der Waals surface area (Å²) < 4.78 is 13.8. The molecule has 2 amide bonds. The van der Waals surface area contributed by atoms with Crippen LogP contribution in [0.25, 0.3) is 10.9 Å². The van der Waals surface area contributed by atoms with E-state index in [2.05, 4.69) is 25.8 Å². The van der Waals surface area contributed by atoms with Gasteiger partial charge in [-0.3, -0.25) is 14.6 Å². The number of aromatic nitrogens is 1. The van der Waals surface area contributed by atoms with Crippen LogP contribution in [0.15, 0.2) is 53.6 Å². The molecule has 0 spiro atoms. The molecule has 0 radical (unpaired) electrons. The predicted octanol–water partition coefficient (Wildman–Crippen LogP) is 3.65. The monoisotopic (exact) mass is 505 g/mol. The third kappa shape index (κ3) is 4.65. The summed E-state index contributed by atoms with van der Waals surface area (Å²) in [4.78, 5) is 32.2. The van der Waals surface area contributed by atoms with Crippen molar-refractivity contribution in [1.82, 2.24) is 15.6 Å². The lowest BCUT2D eigenvalue weighted by atomic mass is 9.95. The van der Waals surface area contributed by atoms with Crippen molar-refractivity contribution >= 4 is 45.9 Å². The van der Waals surface area contributed by atoms with Crippen molar-refractivity contribution in [2.24, 2.45) is 0 Å². The third-order valence-electron chi connectivity index (χ3n) is 7.39. The molecular weight excluding hydrogens is 477 g/mol. The molecule has 3 aromatic rings. The molecule has 2 aromatic carbocycles. The van der Waals surface area contributed by atoms with Crippen LogP contribution in [0.4, 0.5) is 15.8 Å². The lowest BCUT2D eigenvalue weighted by Crippen LogP contribution is -2.46. The number of hydrogen-bond acceptors (Lipinski definition) is 6. The van der Waals surface area contributed by atoms with Crippen LogP contribution >= 0.6 is 11.8 Å². The van der Waals surface area contributed by atoms with Crippen LogP contribution in [0.3, 0.4) is 0 Å². The first-order chi connectivity index (χ1) is 17.5. The average molecular weight is 506 g/mol. The number of benzene rings is 2. The van der Waals surface area contributed by atoms with Gasteiger partial charge in [-0.05, 0) is 61.2 Å². The number of piperidine rings is 1. The van der Waals surface area contributed by atoms with Gasteiger partial charge in [-0.2, -0.15) is 0 Å². The van der Waals surface area contributed by atoms with Gasteiger partial charge in [0.1, 0.15) is 5.82 Å². The van der Waals surface area contributed by atoms with Crippen molar-refractivity contribution < 1.29 is 14.0 Å². The number of anilines is 2. The fourth-order valence-electron chi connectivity index (χ4n) is 5.50. The number of thioether (sulfide) groups is 1. The predicted molar refractivity (Wildman–Crippen MR) is 140 cm³/mol. The second-order valence-corrected chi connectivity index (χ2v) is 10.8. The molecule has 2 fully saturated rings. The van der Waals surface area contributed by atoms with Crippen LogP contribution < -0.4 is 20.9 Å². The average Bonchev–Trinajstić information content (AvgIpc) is 3.27. The fraction of sp³-hybridized carbons (Fsp3) is 0.370. The Morgan fingerprint density at radius 2 is 1.97 bits per heavy atom. The zero-order valence-corrected chi connectivity index (χ0v) is 20.6. The van der Waals surface area contributed by atoms with E-state index in [1.165, 1.54) is 17.8 Å². The normalized spacial score (nSPS) is 22.4. The van der Waals surface area contributed by atoms with Gasteiger partial charge < -0.3 is 20.9 Å². The molecule has 0 bridgehead atoms. The second kappa shape index (κ2) is 9.71. The van der Waals surface area contributed by atoms with Crippen LogP contribution in [-0.4, -0.2) is 54.3 Å². The molecule has 1 unspecified atom stereocenters. The Hall–Kier alpha value is -3.17. The number of carbonyl (C=O) groups is 2. The second-order valence-electron chi connectivity index (χ2n) is 9.75. The SMILES string of the molecule is O=C1CSc2ccc([C@H]3CC(CNC4CCN(c5ccnc6ccc(F)cc56)CC4)NC3=O)cc2N1. The van der Waals surface area contributed by atoms with Gasteiger partial charge in [-0.25, -0.2) is 4.39 Å². The molecule has 186 valence electrons. The van der Waals surface area contributed by atoms with Gasteiger partial charge in [0.2, 0.25) is 11.8 Å². The summed E-state index contributed by atoms with van der Waals surface area (Å²) in [6.07, 6.45) is 4.48. The highest BCUT2D eigenvalue weighted by Gasteiger charge is 2.34. The summed E-state index contributed by atoms with van der Waals surface area (Å²) in [5, 5.41) is 10.6. The molecule has 4 heterocycles. The molecule has 0 aliphatic carbocycles. The zero-order valence-electron chi connectivity index (χ0n) is 19.8. The smallest absolute Gasteiger partial charge is 0.234 e. The number of nitrogens with one attached hydrogen (secondary N) is 3. The summed E-state index contributed by atoms with van der Waals surface area (Å²) in [5.74, 6) is 0.0270. The highest BCUT2D eigenvalue weighted by Crippen LogP contribution is 2.36. The van der Waals surface area contributed by atoms with Crippen molar-refractivity contribution in [2.45, 2.75) is 42.2 Å². The largest absolute Gasteiger partial charge is 0.371 e. The van der Waals surface area contributed by atoms with E-state index < -0.39 is 0 Å². The van der Waals surface area contributed by atoms with Crippen LogP contribution in [-0.2, 0) is 9.59 Å². The summed E-state index contributed by atoms with van der Waals surface area (Å²) in [6, 6.07) is 13.1. The standard InChI is InChI=1S/C27H28FN5O2S/c28-17-2-3-22-21(12-17)24(5-8-29-22)33-9-6-18(7-10-33)30-14-19-13-20(27(35)31-19)16-1-4-25-23(11-16)32-26(34)15-36-25/h1-5,8,11-12,18-20,30H,6-7,9-10,13-15H2,(H,31,35)(H,32,34)/t19?,20-/m1/s1.